The first kappa shape index (κ1) is 25.3. The summed E-state index contributed by atoms with van der Waals surface area (Å²) in [6.45, 7) is 5.88. The Balaban J connectivity index is 0.00000420. The summed E-state index contributed by atoms with van der Waals surface area (Å²) in [5.41, 5.74) is 6.69. The van der Waals surface area contributed by atoms with Crippen LogP contribution in [-0.4, -0.2) is 38.2 Å². The van der Waals surface area contributed by atoms with Crippen molar-refractivity contribution in [2.75, 3.05) is 31.6 Å². The van der Waals surface area contributed by atoms with Crippen LogP contribution in [0.5, 0.6) is 11.5 Å². The van der Waals surface area contributed by atoms with Gasteiger partial charge in [0, 0.05) is 19.0 Å². The molecule has 2 rings (SSSR count). The zero-order valence-corrected chi connectivity index (χ0v) is 19.9. The highest BCUT2D eigenvalue weighted by Gasteiger charge is 2.16. The average Bonchev–Trinajstić information content (AvgIpc) is 2.68. The molecule has 8 heteroatoms. The summed E-state index contributed by atoms with van der Waals surface area (Å²) < 4.78 is 11.1. The Morgan fingerprint density at radius 1 is 1.17 bits per heavy atom. The normalized spacial score (nSPS) is 14.6. The lowest BCUT2D eigenvalue weighted by molar-refractivity contribution is -0.122. The van der Waals surface area contributed by atoms with Gasteiger partial charge in [-0.15, -0.1) is 24.0 Å². The fourth-order valence-corrected chi connectivity index (χ4v) is 3.42. The van der Waals surface area contributed by atoms with E-state index in [1.165, 1.54) is 32.1 Å². The van der Waals surface area contributed by atoms with E-state index in [2.05, 4.69) is 15.6 Å². The van der Waals surface area contributed by atoms with E-state index in [4.69, 9.17) is 15.2 Å². The molecule has 1 aromatic rings. The number of ether oxygens (including phenoxy) is 2. The minimum Gasteiger partial charge on any atom is -0.494 e. The number of halogens is 1. The molecule has 7 nitrogen and oxygen atoms in total. The van der Waals surface area contributed by atoms with Crippen molar-refractivity contribution in [3.8, 4) is 11.5 Å². The van der Waals surface area contributed by atoms with Gasteiger partial charge in [-0.1, -0.05) is 19.3 Å². The van der Waals surface area contributed by atoms with Crippen LogP contribution in [0.3, 0.4) is 0 Å². The van der Waals surface area contributed by atoms with Crippen LogP contribution in [0.25, 0.3) is 0 Å². The number of anilines is 1. The second-order valence-corrected chi connectivity index (χ2v) is 6.97. The molecule has 0 unspecified atom stereocenters. The maximum Gasteiger partial charge on any atom is 0.220 e. The van der Waals surface area contributed by atoms with Crippen molar-refractivity contribution < 1.29 is 14.3 Å². The molecule has 0 aliphatic heterocycles. The van der Waals surface area contributed by atoms with Crippen LogP contribution in [0.1, 0.15) is 52.4 Å². The highest BCUT2D eigenvalue weighted by molar-refractivity contribution is 14.0. The smallest absolute Gasteiger partial charge is 0.220 e. The second kappa shape index (κ2) is 14.3. The fraction of sp³-hybridized carbons (Fsp3) is 0.619. The summed E-state index contributed by atoms with van der Waals surface area (Å²) in [7, 11) is 0. The van der Waals surface area contributed by atoms with E-state index in [1.807, 2.05) is 32.0 Å². The van der Waals surface area contributed by atoms with Gasteiger partial charge < -0.3 is 25.8 Å². The van der Waals surface area contributed by atoms with Crippen LogP contribution in [0.4, 0.5) is 5.69 Å². The summed E-state index contributed by atoms with van der Waals surface area (Å²) >= 11 is 0. The Kier molecular flexibility index (Phi) is 12.5. The SMILES string of the molecule is CCOc1ccc(OCC)c(NC(N)=NCCNC(=O)CC2CCCCC2)c1.I. The summed E-state index contributed by atoms with van der Waals surface area (Å²) in [5, 5.41) is 5.99. The van der Waals surface area contributed by atoms with E-state index < -0.39 is 0 Å². The molecule has 0 heterocycles. The van der Waals surface area contributed by atoms with E-state index in [0.717, 1.165) is 5.75 Å². The van der Waals surface area contributed by atoms with E-state index in [0.29, 0.717) is 50.1 Å². The number of carbonyl (C=O) groups is 1. The van der Waals surface area contributed by atoms with Crippen LogP contribution >= 0.6 is 24.0 Å². The summed E-state index contributed by atoms with van der Waals surface area (Å²) in [5.74, 6) is 2.34. The molecule has 0 bridgehead atoms. The molecule has 164 valence electrons. The highest BCUT2D eigenvalue weighted by Crippen LogP contribution is 2.29. The molecule has 1 aromatic carbocycles. The zero-order chi connectivity index (χ0) is 20.2. The van der Waals surface area contributed by atoms with Crippen molar-refractivity contribution in [1.29, 1.82) is 0 Å². The average molecular weight is 518 g/mol. The van der Waals surface area contributed by atoms with Gasteiger partial charge in [0.05, 0.1) is 25.4 Å². The quantitative estimate of drug-likeness (QED) is 0.189. The lowest BCUT2D eigenvalue weighted by Gasteiger charge is -2.20. The van der Waals surface area contributed by atoms with Gasteiger partial charge in [-0.25, -0.2) is 0 Å². The Labute approximate surface area is 191 Å². The number of aliphatic imine (C=N–C) groups is 1. The molecule has 0 radical (unpaired) electrons. The topological polar surface area (TPSA) is 98.0 Å². The number of guanidine groups is 1. The first-order valence-electron chi connectivity index (χ1n) is 10.4. The molecule has 4 N–H and O–H groups in total. The van der Waals surface area contributed by atoms with E-state index in [9.17, 15) is 4.79 Å². The second-order valence-electron chi connectivity index (χ2n) is 6.97. The van der Waals surface area contributed by atoms with Crippen LogP contribution in [0.15, 0.2) is 23.2 Å². The zero-order valence-electron chi connectivity index (χ0n) is 17.5. The van der Waals surface area contributed by atoms with Crippen molar-refractivity contribution in [1.82, 2.24) is 5.32 Å². The Hall–Kier alpha value is -1.71. The maximum absolute atomic E-state index is 12.0. The number of hydrogen-bond acceptors (Lipinski definition) is 4. The lowest BCUT2D eigenvalue weighted by atomic mass is 9.87. The van der Waals surface area contributed by atoms with Crippen LogP contribution in [0.2, 0.25) is 0 Å². The van der Waals surface area contributed by atoms with Gasteiger partial charge in [0.25, 0.3) is 0 Å². The largest absolute Gasteiger partial charge is 0.494 e. The van der Waals surface area contributed by atoms with E-state index in [-0.39, 0.29) is 35.8 Å². The minimum absolute atomic E-state index is 0. The molecule has 1 saturated carbocycles. The van der Waals surface area contributed by atoms with Gasteiger partial charge in [-0.2, -0.15) is 0 Å². The number of nitrogens with one attached hydrogen (secondary N) is 2. The Morgan fingerprint density at radius 3 is 2.59 bits per heavy atom. The molecule has 1 aliphatic carbocycles. The van der Waals surface area contributed by atoms with Gasteiger partial charge >= 0.3 is 0 Å². The first-order chi connectivity index (χ1) is 13.6. The number of carbonyl (C=O) groups excluding carboxylic acids is 1. The summed E-state index contributed by atoms with van der Waals surface area (Å²) in [4.78, 5) is 16.3. The third kappa shape index (κ3) is 9.56. The van der Waals surface area contributed by atoms with Crippen molar-refractivity contribution in [2.24, 2.45) is 16.6 Å². The third-order valence-electron chi connectivity index (χ3n) is 4.74. The molecular formula is C21H35IN4O3. The van der Waals surface area contributed by atoms with E-state index in [1.54, 1.807) is 0 Å². The predicted molar refractivity (Wildman–Crippen MR) is 129 cm³/mol. The molecule has 29 heavy (non-hydrogen) atoms. The molecule has 1 fully saturated rings. The van der Waals surface area contributed by atoms with Gasteiger partial charge in [-0.05, 0) is 44.7 Å². The van der Waals surface area contributed by atoms with Crippen molar-refractivity contribution in [3.63, 3.8) is 0 Å². The lowest BCUT2D eigenvalue weighted by Crippen LogP contribution is -2.30. The van der Waals surface area contributed by atoms with Gasteiger partial charge in [0.2, 0.25) is 5.91 Å². The van der Waals surface area contributed by atoms with Crippen LogP contribution < -0.4 is 25.8 Å². The first-order valence-corrected chi connectivity index (χ1v) is 10.4. The highest BCUT2D eigenvalue weighted by atomic mass is 127. The molecule has 0 saturated heterocycles. The fourth-order valence-electron chi connectivity index (χ4n) is 3.42. The number of benzene rings is 1. The number of nitrogens with two attached hydrogens (primary N) is 1. The number of rotatable bonds is 10. The van der Waals surface area contributed by atoms with Crippen molar-refractivity contribution in [2.45, 2.75) is 52.4 Å². The van der Waals surface area contributed by atoms with Gasteiger partial charge in [0.15, 0.2) is 5.96 Å². The molecule has 1 aliphatic rings. The summed E-state index contributed by atoms with van der Waals surface area (Å²) in [6.07, 6.45) is 6.77. The Morgan fingerprint density at radius 2 is 1.90 bits per heavy atom. The molecule has 0 aromatic heterocycles. The molecule has 0 atom stereocenters. The standard InChI is InChI=1S/C21H34N4O3.HI/c1-3-27-17-10-11-19(28-4-2)18(15-17)25-21(22)24-13-12-23-20(26)14-16-8-6-5-7-9-16;/h10-11,15-16H,3-9,12-14H2,1-2H3,(H,23,26)(H3,22,24,25);1H. The van der Waals surface area contributed by atoms with Crippen LogP contribution in [0, 0.1) is 5.92 Å². The molecule has 0 spiro atoms. The third-order valence-corrected chi connectivity index (χ3v) is 4.74. The Bertz CT molecular complexity index is 649. The maximum atomic E-state index is 12.0. The van der Waals surface area contributed by atoms with Gasteiger partial charge in [-0.3, -0.25) is 9.79 Å². The monoisotopic (exact) mass is 518 g/mol. The summed E-state index contributed by atoms with van der Waals surface area (Å²) in [6, 6.07) is 5.53. The molecule has 1 amide bonds. The van der Waals surface area contributed by atoms with E-state index >= 15 is 0 Å². The number of amides is 1. The van der Waals surface area contributed by atoms with Crippen molar-refractivity contribution in [3.05, 3.63) is 18.2 Å². The van der Waals surface area contributed by atoms with Crippen molar-refractivity contribution >= 4 is 41.5 Å². The number of nitrogens with zero attached hydrogens (tertiary/aromatic N) is 1. The minimum atomic E-state index is 0. The predicted octanol–water partition coefficient (Wildman–Crippen LogP) is 3.92. The number of hydrogen-bond donors (Lipinski definition) is 3. The molecular weight excluding hydrogens is 483 g/mol. The van der Waals surface area contributed by atoms with Crippen LogP contribution in [-0.2, 0) is 4.79 Å². The van der Waals surface area contributed by atoms with Gasteiger partial charge in [0.1, 0.15) is 11.5 Å².